The largest absolute Gasteiger partial charge is 0.478 e. The Bertz CT molecular complexity index is 682. The van der Waals surface area contributed by atoms with Crippen LogP contribution < -0.4 is 0 Å². The minimum Gasteiger partial charge on any atom is -0.478 e. The molecule has 0 aliphatic carbocycles. The highest BCUT2D eigenvalue weighted by Gasteiger charge is 2.33. The van der Waals surface area contributed by atoms with Crippen LogP contribution in [0, 0.1) is 0 Å². The van der Waals surface area contributed by atoms with Crippen molar-refractivity contribution in [1.82, 2.24) is 0 Å². The molecule has 0 bridgehead atoms. The Hall–Kier alpha value is -2.16. The van der Waals surface area contributed by atoms with E-state index in [1.165, 1.54) is 0 Å². The number of carbonyl (C=O) groups is 1. The Morgan fingerprint density at radius 1 is 0.826 bits per heavy atom. The first-order valence-electron chi connectivity index (χ1n) is 7.81. The maximum Gasteiger partial charge on any atom is 0.335 e. The summed E-state index contributed by atoms with van der Waals surface area (Å²) < 4.78 is 6.14. The van der Waals surface area contributed by atoms with E-state index in [2.05, 4.69) is 41.5 Å². The molecule has 0 atom stereocenters. The lowest BCUT2D eigenvalue weighted by Crippen LogP contribution is -2.16. The highest BCUT2D eigenvalue weighted by atomic mass is 16.4. The van der Waals surface area contributed by atoms with Crippen molar-refractivity contribution >= 4 is 5.97 Å². The molecular formula is C20H25O3+. The molecule has 0 aliphatic heterocycles. The Morgan fingerprint density at radius 2 is 1.26 bits per heavy atom. The van der Waals surface area contributed by atoms with Gasteiger partial charge in [-0.2, -0.15) is 0 Å². The molecule has 0 radical (unpaired) electrons. The van der Waals surface area contributed by atoms with Gasteiger partial charge in [-0.1, -0.05) is 12.1 Å². The molecule has 3 nitrogen and oxygen atoms in total. The summed E-state index contributed by atoms with van der Waals surface area (Å²) in [5.41, 5.74) is 2.12. The number of aromatic carboxylic acids is 1. The van der Waals surface area contributed by atoms with Crippen LogP contribution in [-0.2, 0) is 10.8 Å². The van der Waals surface area contributed by atoms with Gasteiger partial charge in [-0.25, -0.2) is 9.21 Å². The van der Waals surface area contributed by atoms with Gasteiger partial charge in [0, 0.05) is 12.1 Å². The molecule has 3 heteroatoms. The van der Waals surface area contributed by atoms with Gasteiger partial charge in [0.25, 0.3) is 0 Å². The molecule has 0 saturated carbocycles. The summed E-state index contributed by atoms with van der Waals surface area (Å²) in [6.45, 7) is 12.7. The molecule has 2 aromatic rings. The van der Waals surface area contributed by atoms with E-state index < -0.39 is 5.97 Å². The first kappa shape index (κ1) is 17.2. The highest BCUT2D eigenvalue weighted by molar-refractivity contribution is 5.88. The molecule has 0 aliphatic rings. The van der Waals surface area contributed by atoms with Crippen LogP contribution in [0.5, 0.6) is 0 Å². The molecule has 0 spiro atoms. The summed E-state index contributed by atoms with van der Waals surface area (Å²) in [5, 5.41) is 9.03. The summed E-state index contributed by atoms with van der Waals surface area (Å²) >= 11 is 0. The number of hydrogen-bond donors (Lipinski definition) is 1. The van der Waals surface area contributed by atoms with Crippen molar-refractivity contribution in [2.45, 2.75) is 52.4 Å². The predicted octanol–water partition coefficient (Wildman–Crippen LogP) is 5.52. The second-order valence-corrected chi connectivity index (χ2v) is 7.96. The van der Waals surface area contributed by atoms with Crippen molar-refractivity contribution in [3.63, 3.8) is 0 Å². The maximum atomic E-state index is 11.0. The lowest BCUT2D eigenvalue weighted by atomic mass is 9.87. The van der Waals surface area contributed by atoms with E-state index in [0.29, 0.717) is 5.56 Å². The van der Waals surface area contributed by atoms with Crippen LogP contribution in [-0.4, -0.2) is 11.1 Å². The monoisotopic (exact) mass is 313 g/mol. The van der Waals surface area contributed by atoms with Crippen LogP contribution in [0.15, 0.2) is 40.8 Å². The smallest absolute Gasteiger partial charge is 0.335 e. The third-order valence-electron chi connectivity index (χ3n) is 3.74. The Morgan fingerprint density at radius 3 is 1.61 bits per heavy atom. The minimum absolute atomic E-state index is 0.100. The summed E-state index contributed by atoms with van der Waals surface area (Å²) in [5.74, 6) is 0.926. The lowest BCUT2D eigenvalue weighted by molar-refractivity contribution is 0.0697. The Kier molecular flexibility index (Phi) is 4.34. The first-order chi connectivity index (χ1) is 10.5. The van der Waals surface area contributed by atoms with Gasteiger partial charge in [0.1, 0.15) is 0 Å². The number of carboxylic acids is 1. The SMILES string of the molecule is CC(C)(C)c1cc(-c2ccc(C(=O)O)cc2)cc(C(C)(C)C)[o+]1. The van der Waals surface area contributed by atoms with E-state index in [1.807, 2.05) is 24.3 Å². The zero-order valence-electron chi connectivity index (χ0n) is 14.7. The topological polar surface area (TPSA) is 48.6 Å². The van der Waals surface area contributed by atoms with Crippen LogP contribution in [0.3, 0.4) is 0 Å². The maximum absolute atomic E-state index is 11.0. The van der Waals surface area contributed by atoms with Crippen molar-refractivity contribution in [3.05, 3.63) is 53.5 Å². The van der Waals surface area contributed by atoms with Crippen molar-refractivity contribution in [2.75, 3.05) is 0 Å². The molecule has 1 N–H and O–H groups in total. The van der Waals surface area contributed by atoms with Gasteiger partial charge < -0.3 is 5.11 Å². The van der Waals surface area contributed by atoms with Gasteiger partial charge in [-0.05, 0) is 64.8 Å². The van der Waals surface area contributed by atoms with Crippen molar-refractivity contribution in [1.29, 1.82) is 0 Å². The molecule has 0 unspecified atom stereocenters. The second kappa shape index (κ2) is 5.80. The quantitative estimate of drug-likeness (QED) is 0.742. The van der Waals surface area contributed by atoms with Gasteiger partial charge in [0.15, 0.2) is 0 Å². The minimum atomic E-state index is -0.912. The van der Waals surface area contributed by atoms with Crippen LogP contribution in [0.1, 0.15) is 63.4 Å². The molecule has 1 heterocycles. The average Bonchev–Trinajstić information content (AvgIpc) is 2.45. The van der Waals surface area contributed by atoms with E-state index in [9.17, 15) is 4.79 Å². The van der Waals surface area contributed by atoms with Crippen molar-refractivity contribution in [3.8, 4) is 11.1 Å². The molecule has 23 heavy (non-hydrogen) atoms. The zero-order valence-corrected chi connectivity index (χ0v) is 14.7. The van der Waals surface area contributed by atoms with E-state index in [4.69, 9.17) is 9.52 Å². The van der Waals surface area contributed by atoms with E-state index in [1.54, 1.807) is 12.1 Å². The average molecular weight is 313 g/mol. The zero-order chi connectivity index (χ0) is 17.4. The van der Waals surface area contributed by atoms with Crippen molar-refractivity contribution < 1.29 is 14.3 Å². The summed E-state index contributed by atoms with van der Waals surface area (Å²) in [6, 6.07) is 11.1. The van der Waals surface area contributed by atoms with E-state index in [0.717, 1.165) is 22.6 Å². The second-order valence-electron chi connectivity index (χ2n) is 7.96. The van der Waals surface area contributed by atoms with Gasteiger partial charge in [0.2, 0.25) is 0 Å². The normalized spacial score (nSPS) is 12.3. The van der Waals surface area contributed by atoms with Gasteiger partial charge in [-0.15, -0.1) is 0 Å². The van der Waals surface area contributed by atoms with E-state index >= 15 is 0 Å². The number of hydrogen-bond acceptors (Lipinski definition) is 1. The summed E-state index contributed by atoms with van der Waals surface area (Å²) in [7, 11) is 0. The molecule has 0 amide bonds. The predicted molar refractivity (Wildman–Crippen MR) is 92.9 cm³/mol. The van der Waals surface area contributed by atoms with Crippen molar-refractivity contribution in [2.24, 2.45) is 0 Å². The van der Waals surface area contributed by atoms with Crippen LogP contribution in [0.25, 0.3) is 11.1 Å². The van der Waals surface area contributed by atoms with Crippen LogP contribution in [0.4, 0.5) is 0 Å². The Labute approximate surface area is 138 Å². The van der Waals surface area contributed by atoms with Gasteiger partial charge >= 0.3 is 17.5 Å². The summed E-state index contributed by atoms with van der Waals surface area (Å²) in [6.07, 6.45) is 0. The molecular weight excluding hydrogens is 288 g/mol. The fraction of sp³-hybridized carbons (Fsp3) is 0.400. The van der Waals surface area contributed by atoms with Gasteiger partial charge in [0.05, 0.1) is 16.4 Å². The van der Waals surface area contributed by atoms with E-state index in [-0.39, 0.29) is 10.8 Å². The molecule has 1 aromatic heterocycles. The third-order valence-corrected chi connectivity index (χ3v) is 3.74. The summed E-state index contributed by atoms with van der Waals surface area (Å²) in [4.78, 5) is 11.0. The molecule has 0 saturated heterocycles. The number of benzene rings is 1. The fourth-order valence-corrected chi connectivity index (χ4v) is 2.21. The highest BCUT2D eigenvalue weighted by Crippen LogP contribution is 2.33. The number of rotatable bonds is 2. The lowest BCUT2D eigenvalue weighted by Gasteiger charge is -2.15. The molecule has 1 aromatic carbocycles. The molecule has 122 valence electrons. The Balaban J connectivity index is 2.59. The third kappa shape index (κ3) is 3.98. The first-order valence-corrected chi connectivity index (χ1v) is 7.81. The number of carboxylic acid groups (broad SMARTS) is 1. The molecule has 0 fully saturated rings. The fourth-order valence-electron chi connectivity index (χ4n) is 2.21. The van der Waals surface area contributed by atoms with Crippen LogP contribution in [0.2, 0.25) is 0 Å². The standard InChI is InChI=1S/C20H24O3/c1-19(2,3)16-11-15(12-17(23-16)20(4,5)6)13-7-9-14(10-8-13)18(21)22/h7-12H,1-6H3/p+1. The molecule has 2 rings (SSSR count). The van der Waals surface area contributed by atoms with Crippen LogP contribution >= 0.6 is 0 Å². The van der Waals surface area contributed by atoms with Gasteiger partial charge in [-0.3, -0.25) is 0 Å².